The van der Waals surface area contributed by atoms with E-state index in [9.17, 15) is 4.79 Å². The van der Waals surface area contributed by atoms with E-state index in [1.807, 2.05) is 0 Å². The van der Waals surface area contributed by atoms with E-state index >= 15 is 0 Å². The minimum Gasteiger partial charge on any atom is -0.465 e. The third-order valence-electron chi connectivity index (χ3n) is 1.26. The van der Waals surface area contributed by atoms with Crippen LogP contribution in [-0.4, -0.2) is 26.3 Å². The molecule has 0 rings (SSSR count). The summed E-state index contributed by atoms with van der Waals surface area (Å²) in [6.07, 6.45) is 0. The first-order valence-electron chi connectivity index (χ1n) is 4.19. The van der Waals surface area contributed by atoms with Crippen LogP contribution in [0.5, 0.6) is 0 Å². The fourth-order valence-corrected chi connectivity index (χ4v) is 0.725. The average molecular weight is 199 g/mol. The van der Waals surface area contributed by atoms with Gasteiger partial charge in [0.2, 0.25) is 5.57 Å². The van der Waals surface area contributed by atoms with Crippen LogP contribution in [0.25, 0.3) is 0 Å². The van der Waals surface area contributed by atoms with Crippen molar-refractivity contribution in [3.63, 3.8) is 0 Å². The third kappa shape index (κ3) is 3.35. The maximum atomic E-state index is 11.1. The second-order valence-electron chi connectivity index (χ2n) is 2.13. The highest BCUT2D eigenvalue weighted by atomic mass is 16.7. The summed E-state index contributed by atoms with van der Waals surface area (Å²) in [6, 6.07) is 1.68. The van der Waals surface area contributed by atoms with Crippen molar-refractivity contribution < 1.29 is 19.0 Å². The third-order valence-corrected chi connectivity index (χ3v) is 1.26. The van der Waals surface area contributed by atoms with Gasteiger partial charge in [-0.25, -0.2) is 4.79 Å². The zero-order valence-electron chi connectivity index (χ0n) is 8.49. The smallest absolute Gasteiger partial charge is 0.356 e. The lowest BCUT2D eigenvalue weighted by Gasteiger charge is -2.09. The highest BCUT2D eigenvalue weighted by Crippen LogP contribution is 2.09. The standard InChI is InChI=1S/C9H13NO4/c1-4-13-9(14-5-2)7(6-10)8(11)12-3/h4-5H2,1-3H3. The molecule has 0 aliphatic heterocycles. The number of carbonyl (C=O) groups is 1. The SMILES string of the molecule is CCOC(OCC)=C(C#N)C(=O)OC. The molecule has 0 spiro atoms. The maximum Gasteiger partial charge on any atom is 0.356 e. The van der Waals surface area contributed by atoms with E-state index in [1.165, 1.54) is 7.11 Å². The predicted molar refractivity (Wildman–Crippen MR) is 47.9 cm³/mol. The van der Waals surface area contributed by atoms with Crippen molar-refractivity contribution >= 4 is 5.97 Å². The molecule has 0 N–H and O–H groups in total. The van der Waals surface area contributed by atoms with E-state index < -0.39 is 5.97 Å². The Morgan fingerprint density at radius 3 is 2.07 bits per heavy atom. The van der Waals surface area contributed by atoms with Crippen LogP contribution in [0.1, 0.15) is 13.8 Å². The molecule has 0 aromatic heterocycles. The molecule has 78 valence electrons. The topological polar surface area (TPSA) is 68.5 Å². The molecule has 0 saturated carbocycles. The molecule has 0 aliphatic carbocycles. The highest BCUT2D eigenvalue weighted by molar-refractivity contribution is 5.92. The van der Waals surface area contributed by atoms with E-state index in [2.05, 4.69) is 4.74 Å². The summed E-state index contributed by atoms with van der Waals surface area (Å²) in [7, 11) is 1.19. The average Bonchev–Trinajstić information content (AvgIpc) is 2.19. The minimum atomic E-state index is -0.760. The van der Waals surface area contributed by atoms with Crippen LogP contribution in [0.15, 0.2) is 11.5 Å². The van der Waals surface area contributed by atoms with Gasteiger partial charge in [0.1, 0.15) is 6.07 Å². The molecule has 0 unspecified atom stereocenters. The summed E-state index contributed by atoms with van der Waals surface area (Å²) in [5.41, 5.74) is -0.254. The summed E-state index contributed by atoms with van der Waals surface area (Å²) in [4.78, 5) is 11.1. The van der Waals surface area contributed by atoms with Gasteiger partial charge in [-0.1, -0.05) is 0 Å². The summed E-state index contributed by atoms with van der Waals surface area (Å²) in [6.45, 7) is 4.09. The van der Waals surface area contributed by atoms with Crippen molar-refractivity contribution in [1.29, 1.82) is 5.26 Å². The molecule has 0 bridgehead atoms. The normalized spacial score (nSPS) is 8.43. The van der Waals surface area contributed by atoms with E-state index in [4.69, 9.17) is 14.7 Å². The van der Waals surface area contributed by atoms with Crippen molar-refractivity contribution in [3.05, 3.63) is 11.5 Å². The molecule has 5 nitrogen and oxygen atoms in total. The van der Waals surface area contributed by atoms with E-state index in [0.717, 1.165) is 0 Å². The fourth-order valence-electron chi connectivity index (χ4n) is 0.725. The molecular weight excluding hydrogens is 186 g/mol. The van der Waals surface area contributed by atoms with Gasteiger partial charge in [-0.05, 0) is 13.8 Å². The Kier molecular flexibility index (Phi) is 5.95. The lowest BCUT2D eigenvalue weighted by atomic mass is 10.3. The van der Waals surface area contributed by atoms with Crippen LogP contribution in [0, 0.1) is 11.3 Å². The van der Waals surface area contributed by atoms with Gasteiger partial charge in [-0.15, -0.1) is 0 Å². The summed E-state index contributed by atoms with van der Waals surface area (Å²) < 4.78 is 14.4. The summed E-state index contributed by atoms with van der Waals surface area (Å²) in [5, 5.41) is 8.68. The predicted octanol–water partition coefficient (Wildman–Crippen LogP) is 0.968. The molecule has 0 amide bonds. The molecular formula is C9H13NO4. The number of rotatable bonds is 5. The van der Waals surface area contributed by atoms with E-state index in [-0.39, 0.29) is 11.5 Å². The number of methoxy groups -OCH3 is 1. The number of nitrogens with zero attached hydrogens (tertiary/aromatic N) is 1. The van der Waals surface area contributed by atoms with E-state index in [1.54, 1.807) is 19.9 Å². The number of esters is 1. The Morgan fingerprint density at radius 1 is 1.29 bits per heavy atom. The lowest BCUT2D eigenvalue weighted by molar-refractivity contribution is -0.136. The van der Waals surface area contributed by atoms with Crippen molar-refractivity contribution in [2.75, 3.05) is 20.3 Å². The van der Waals surface area contributed by atoms with Crippen LogP contribution in [0.4, 0.5) is 0 Å². The molecule has 0 aliphatic rings. The number of nitriles is 1. The van der Waals surface area contributed by atoms with Crippen LogP contribution in [0.3, 0.4) is 0 Å². The van der Waals surface area contributed by atoms with Crippen LogP contribution in [-0.2, 0) is 19.0 Å². The summed E-state index contributed by atoms with van der Waals surface area (Å²) >= 11 is 0. The molecule has 0 aromatic carbocycles. The minimum absolute atomic E-state index is 0.0793. The maximum absolute atomic E-state index is 11.1. The Morgan fingerprint density at radius 2 is 1.79 bits per heavy atom. The molecule has 0 heterocycles. The van der Waals surface area contributed by atoms with E-state index in [0.29, 0.717) is 13.2 Å². The number of hydrogen-bond acceptors (Lipinski definition) is 5. The zero-order chi connectivity index (χ0) is 11.0. The molecule has 5 heteroatoms. The molecule has 0 fully saturated rings. The second-order valence-corrected chi connectivity index (χ2v) is 2.13. The Hall–Kier alpha value is -1.70. The molecule has 0 radical (unpaired) electrons. The highest BCUT2D eigenvalue weighted by Gasteiger charge is 2.18. The molecule has 0 saturated heterocycles. The Labute approximate surface area is 82.9 Å². The van der Waals surface area contributed by atoms with Crippen LogP contribution >= 0.6 is 0 Å². The number of hydrogen-bond donors (Lipinski definition) is 0. The monoisotopic (exact) mass is 199 g/mol. The molecule has 0 atom stereocenters. The largest absolute Gasteiger partial charge is 0.465 e. The van der Waals surface area contributed by atoms with Crippen molar-refractivity contribution in [2.45, 2.75) is 13.8 Å². The van der Waals surface area contributed by atoms with Crippen molar-refractivity contribution in [1.82, 2.24) is 0 Å². The lowest BCUT2D eigenvalue weighted by Crippen LogP contribution is -2.10. The summed E-state index contributed by atoms with van der Waals surface area (Å²) in [5.74, 6) is -0.839. The first kappa shape index (κ1) is 12.3. The van der Waals surface area contributed by atoms with Gasteiger partial charge in [0.05, 0.1) is 20.3 Å². The Bertz CT molecular complexity index is 256. The van der Waals surface area contributed by atoms with Crippen molar-refractivity contribution in [3.8, 4) is 6.07 Å². The quantitative estimate of drug-likeness (QED) is 0.285. The van der Waals surface area contributed by atoms with Gasteiger partial charge >= 0.3 is 11.9 Å². The molecule has 14 heavy (non-hydrogen) atoms. The van der Waals surface area contributed by atoms with Crippen molar-refractivity contribution in [2.24, 2.45) is 0 Å². The van der Waals surface area contributed by atoms with Crippen LogP contribution < -0.4 is 0 Å². The van der Waals surface area contributed by atoms with Gasteiger partial charge in [0.15, 0.2) is 0 Å². The van der Waals surface area contributed by atoms with Gasteiger partial charge in [-0.2, -0.15) is 5.26 Å². The fraction of sp³-hybridized carbons (Fsp3) is 0.556. The number of ether oxygens (including phenoxy) is 3. The van der Waals surface area contributed by atoms with Crippen LogP contribution in [0.2, 0.25) is 0 Å². The first-order chi connectivity index (χ1) is 6.71. The molecule has 0 aromatic rings. The zero-order valence-corrected chi connectivity index (χ0v) is 8.49. The Balaban J connectivity index is 4.89. The van der Waals surface area contributed by atoms with Gasteiger partial charge in [-0.3, -0.25) is 0 Å². The van der Waals surface area contributed by atoms with Gasteiger partial charge < -0.3 is 14.2 Å². The van der Waals surface area contributed by atoms with Gasteiger partial charge in [0, 0.05) is 0 Å². The number of carbonyl (C=O) groups excluding carboxylic acids is 1. The second kappa shape index (κ2) is 6.78. The first-order valence-corrected chi connectivity index (χ1v) is 4.19. The van der Waals surface area contributed by atoms with Gasteiger partial charge in [0.25, 0.3) is 0 Å².